The second kappa shape index (κ2) is 6.12. The van der Waals surface area contributed by atoms with Crippen molar-refractivity contribution in [3.63, 3.8) is 0 Å². The Balaban J connectivity index is 2.07. The molecule has 1 saturated carbocycles. The van der Waals surface area contributed by atoms with Gasteiger partial charge in [0.2, 0.25) is 0 Å². The Morgan fingerprint density at radius 1 is 1.47 bits per heavy atom. The van der Waals surface area contributed by atoms with Crippen LogP contribution in [0.1, 0.15) is 50.4 Å². The summed E-state index contributed by atoms with van der Waals surface area (Å²) in [4.78, 5) is 12.3. The van der Waals surface area contributed by atoms with Gasteiger partial charge in [0.15, 0.2) is 4.67 Å². The highest BCUT2D eigenvalue weighted by atomic mass is 79.9. The lowest BCUT2D eigenvalue weighted by molar-refractivity contribution is 0.0866. The topological polar surface area (TPSA) is 42.2 Å². The number of hydrogen-bond donors (Lipinski definition) is 1. The number of rotatable bonds is 3. The van der Waals surface area contributed by atoms with Crippen LogP contribution in [0.25, 0.3) is 0 Å². The van der Waals surface area contributed by atoms with Gasteiger partial charge in [-0.1, -0.05) is 27.2 Å². The predicted molar refractivity (Wildman–Crippen MR) is 79.0 cm³/mol. The number of furan rings is 1. The van der Waals surface area contributed by atoms with E-state index < -0.39 is 0 Å². The summed E-state index contributed by atoms with van der Waals surface area (Å²) in [5, 5.41) is 3.20. The van der Waals surface area contributed by atoms with Crippen molar-refractivity contribution in [2.75, 3.05) is 0 Å². The standard InChI is InChI=1S/C15H22BrNO2/c1-9(2)11-5-4-10(3)8-13(11)17-15(18)12-6-7-19-14(12)16/h6-7,9-11,13H,4-5,8H2,1-3H3,(H,17,18). The molecule has 1 amide bonds. The van der Waals surface area contributed by atoms with Crippen LogP contribution in [0.4, 0.5) is 0 Å². The summed E-state index contributed by atoms with van der Waals surface area (Å²) in [5.41, 5.74) is 0.584. The Kier molecular flexibility index (Phi) is 4.71. The molecule has 106 valence electrons. The Morgan fingerprint density at radius 2 is 2.21 bits per heavy atom. The lowest BCUT2D eigenvalue weighted by atomic mass is 9.74. The minimum Gasteiger partial charge on any atom is -0.457 e. The summed E-state index contributed by atoms with van der Waals surface area (Å²) >= 11 is 3.26. The van der Waals surface area contributed by atoms with Gasteiger partial charge in [-0.2, -0.15) is 0 Å². The molecule has 0 saturated heterocycles. The molecule has 4 heteroatoms. The SMILES string of the molecule is CC1CCC(C(C)C)C(NC(=O)c2ccoc2Br)C1. The average molecular weight is 328 g/mol. The van der Waals surface area contributed by atoms with E-state index in [9.17, 15) is 4.79 Å². The summed E-state index contributed by atoms with van der Waals surface area (Å²) in [6.07, 6.45) is 5.08. The monoisotopic (exact) mass is 327 g/mol. The van der Waals surface area contributed by atoms with E-state index in [4.69, 9.17) is 4.42 Å². The first-order valence-corrected chi connectivity index (χ1v) is 7.82. The summed E-state index contributed by atoms with van der Waals surface area (Å²) in [6, 6.07) is 1.98. The van der Waals surface area contributed by atoms with Crippen LogP contribution in [0, 0.1) is 17.8 Å². The first-order chi connectivity index (χ1) is 8.99. The molecule has 0 radical (unpaired) electrons. The van der Waals surface area contributed by atoms with Crippen LogP contribution in [0.5, 0.6) is 0 Å². The zero-order valence-corrected chi connectivity index (χ0v) is 13.4. The number of halogens is 1. The van der Waals surface area contributed by atoms with Crippen LogP contribution >= 0.6 is 15.9 Å². The van der Waals surface area contributed by atoms with Crippen LogP contribution in [-0.2, 0) is 0 Å². The van der Waals surface area contributed by atoms with E-state index in [2.05, 4.69) is 42.0 Å². The van der Waals surface area contributed by atoms with Gasteiger partial charge in [-0.05, 0) is 52.6 Å². The van der Waals surface area contributed by atoms with Gasteiger partial charge >= 0.3 is 0 Å². The maximum absolute atomic E-state index is 12.3. The molecule has 1 aromatic rings. The third-order valence-corrected chi connectivity index (χ3v) is 4.82. The van der Waals surface area contributed by atoms with Crippen LogP contribution in [0.2, 0.25) is 0 Å². The highest BCUT2D eigenvalue weighted by Crippen LogP contribution is 2.33. The molecule has 1 fully saturated rings. The van der Waals surface area contributed by atoms with E-state index >= 15 is 0 Å². The number of nitrogens with one attached hydrogen (secondary N) is 1. The second-order valence-electron chi connectivity index (χ2n) is 6.01. The van der Waals surface area contributed by atoms with Crippen molar-refractivity contribution in [3.8, 4) is 0 Å². The van der Waals surface area contributed by atoms with Gasteiger partial charge in [-0.15, -0.1) is 0 Å². The molecule has 0 bridgehead atoms. The molecule has 0 spiro atoms. The van der Waals surface area contributed by atoms with Crippen molar-refractivity contribution in [2.45, 2.75) is 46.1 Å². The molecule has 3 atom stereocenters. The highest BCUT2D eigenvalue weighted by molar-refractivity contribution is 9.10. The molecular weight excluding hydrogens is 306 g/mol. The van der Waals surface area contributed by atoms with Crippen LogP contribution in [0.3, 0.4) is 0 Å². The molecule has 0 aliphatic heterocycles. The smallest absolute Gasteiger partial charge is 0.255 e. The fourth-order valence-electron chi connectivity index (χ4n) is 3.07. The van der Waals surface area contributed by atoms with E-state index in [1.165, 1.54) is 19.1 Å². The lowest BCUT2D eigenvalue weighted by Gasteiger charge is -2.37. The van der Waals surface area contributed by atoms with Crippen molar-refractivity contribution in [1.29, 1.82) is 0 Å². The van der Waals surface area contributed by atoms with Gasteiger partial charge < -0.3 is 9.73 Å². The summed E-state index contributed by atoms with van der Waals surface area (Å²) in [6.45, 7) is 6.75. The first-order valence-electron chi connectivity index (χ1n) is 7.03. The van der Waals surface area contributed by atoms with Gasteiger partial charge in [0.25, 0.3) is 5.91 Å². The average Bonchev–Trinajstić information content (AvgIpc) is 2.75. The third-order valence-electron chi connectivity index (χ3n) is 4.20. The number of hydrogen-bond acceptors (Lipinski definition) is 2. The maximum Gasteiger partial charge on any atom is 0.255 e. The molecule has 3 unspecified atom stereocenters. The fraction of sp³-hybridized carbons (Fsp3) is 0.667. The van der Waals surface area contributed by atoms with Gasteiger partial charge in [0.05, 0.1) is 11.8 Å². The minimum atomic E-state index is -0.0367. The third kappa shape index (κ3) is 3.41. The van der Waals surface area contributed by atoms with E-state index in [1.807, 2.05) is 0 Å². The van der Waals surface area contributed by atoms with Crippen molar-refractivity contribution < 1.29 is 9.21 Å². The van der Waals surface area contributed by atoms with E-state index in [0.717, 1.165) is 6.42 Å². The van der Waals surface area contributed by atoms with Gasteiger partial charge in [-0.3, -0.25) is 4.79 Å². The molecule has 1 aliphatic rings. The van der Waals surface area contributed by atoms with Gasteiger partial charge in [-0.25, -0.2) is 0 Å². The zero-order chi connectivity index (χ0) is 14.0. The predicted octanol–water partition coefficient (Wildman–Crippen LogP) is 4.23. The minimum absolute atomic E-state index is 0.0367. The van der Waals surface area contributed by atoms with Crippen molar-refractivity contribution >= 4 is 21.8 Å². The largest absolute Gasteiger partial charge is 0.457 e. The molecule has 1 N–H and O–H groups in total. The lowest BCUT2D eigenvalue weighted by Crippen LogP contribution is -2.45. The Labute approximate surface area is 123 Å². The summed E-state index contributed by atoms with van der Waals surface area (Å²) < 4.78 is 5.64. The molecule has 2 rings (SSSR count). The second-order valence-corrected chi connectivity index (χ2v) is 6.73. The quantitative estimate of drug-likeness (QED) is 0.902. The molecular formula is C15H22BrNO2. The van der Waals surface area contributed by atoms with Crippen LogP contribution < -0.4 is 5.32 Å². The Hall–Kier alpha value is -0.770. The molecule has 19 heavy (non-hydrogen) atoms. The molecule has 0 aromatic carbocycles. The summed E-state index contributed by atoms with van der Waals surface area (Å²) in [7, 11) is 0. The Bertz CT molecular complexity index is 441. The highest BCUT2D eigenvalue weighted by Gasteiger charge is 2.32. The van der Waals surface area contributed by atoms with Crippen molar-refractivity contribution in [1.82, 2.24) is 5.32 Å². The first kappa shape index (κ1) is 14.6. The van der Waals surface area contributed by atoms with E-state index in [0.29, 0.717) is 28.0 Å². The summed E-state index contributed by atoms with van der Waals surface area (Å²) in [5.74, 6) is 1.83. The normalized spacial score (nSPS) is 27.5. The molecule has 1 aliphatic carbocycles. The van der Waals surface area contributed by atoms with Crippen molar-refractivity contribution in [3.05, 3.63) is 22.6 Å². The maximum atomic E-state index is 12.3. The van der Waals surface area contributed by atoms with E-state index in [-0.39, 0.29) is 11.9 Å². The molecule has 1 aromatic heterocycles. The number of amides is 1. The molecule has 1 heterocycles. The number of carbonyl (C=O) groups is 1. The zero-order valence-electron chi connectivity index (χ0n) is 11.8. The molecule has 3 nitrogen and oxygen atoms in total. The van der Waals surface area contributed by atoms with Crippen LogP contribution in [0.15, 0.2) is 21.4 Å². The Morgan fingerprint density at radius 3 is 2.79 bits per heavy atom. The van der Waals surface area contributed by atoms with Gasteiger partial charge in [0, 0.05) is 6.04 Å². The number of carbonyl (C=O) groups excluding carboxylic acids is 1. The van der Waals surface area contributed by atoms with Crippen molar-refractivity contribution in [2.24, 2.45) is 17.8 Å². The van der Waals surface area contributed by atoms with Gasteiger partial charge in [0.1, 0.15) is 0 Å². The van der Waals surface area contributed by atoms with Crippen LogP contribution in [-0.4, -0.2) is 11.9 Å². The van der Waals surface area contributed by atoms with E-state index in [1.54, 1.807) is 6.07 Å². The fourth-order valence-corrected chi connectivity index (χ4v) is 3.49.